The van der Waals surface area contributed by atoms with Crippen molar-refractivity contribution in [2.75, 3.05) is 6.61 Å². The summed E-state index contributed by atoms with van der Waals surface area (Å²) in [4.78, 5) is 26.7. The lowest BCUT2D eigenvalue weighted by Crippen LogP contribution is -2.42. The Morgan fingerprint density at radius 3 is 2.96 bits per heavy atom. The van der Waals surface area contributed by atoms with Gasteiger partial charge in [-0.2, -0.15) is 10.4 Å². The third kappa shape index (κ3) is 3.16. The van der Waals surface area contributed by atoms with Gasteiger partial charge in [0, 0.05) is 23.6 Å². The van der Waals surface area contributed by atoms with Crippen LogP contribution < -0.4 is 0 Å². The maximum Gasteiger partial charge on any atom is 0.356 e. The number of hydrogen-bond acceptors (Lipinski definition) is 5. The summed E-state index contributed by atoms with van der Waals surface area (Å²) in [5, 5.41) is 16.3. The summed E-state index contributed by atoms with van der Waals surface area (Å²) >= 11 is 5.94. The van der Waals surface area contributed by atoms with Crippen molar-refractivity contribution in [3.8, 4) is 6.07 Å². The number of esters is 1. The van der Waals surface area contributed by atoms with Crippen molar-refractivity contribution >= 4 is 23.5 Å². The summed E-state index contributed by atoms with van der Waals surface area (Å²) in [6, 6.07) is 6.48. The molecule has 1 aromatic heterocycles. The number of hydrogen-bond donors (Lipinski definition) is 1. The van der Waals surface area contributed by atoms with Gasteiger partial charge >= 0.3 is 5.97 Å². The molecule has 1 aliphatic heterocycles. The Morgan fingerprint density at radius 2 is 2.27 bits per heavy atom. The Bertz CT molecular complexity index is 916. The number of H-pyrrole nitrogens is 1. The summed E-state index contributed by atoms with van der Waals surface area (Å²) in [5.74, 6) is -0.714. The largest absolute Gasteiger partial charge is 0.461 e. The van der Waals surface area contributed by atoms with Crippen LogP contribution in [0.2, 0.25) is 5.02 Å². The SMILES string of the molecule is CCOC(=O)c1[nH]nc2c1CN(C(=O)c1ccc(Cl)c(C#N)c1)C(C)C2. The number of carbonyl (C=O) groups is 2. The molecule has 1 atom stereocenters. The lowest BCUT2D eigenvalue weighted by atomic mass is 9.98. The van der Waals surface area contributed by atoms with Crippen LogP contribution in [0, 0.1) is 11.3 Å². The standard InChI is InChI=1S/C18H17ClN4O3/c1-3-26-18(25)16-13-9-23(10(2)6-15(13)21-22-16)17(24)11-4-5-14(19)12(7-11)8-20/h4-5,7,10H,3,6,9H2,1-2H3,(H,21,22). The van der Waals surface area contributed by atoms with E-state index in [1.54, 1.807) is 17.9 Å². The molecular weight excluding hydrogens is 356 g/mol. The first-order valence-corrected chi connectivity index (χ1v) is 8.57. The molecule has 7 nitrogen and oxygen atoms in total. The molecule has 0 fully saturated rings. The minimum absolute atomic E-state index is 0.102. The average Bonchev–Trinajstić information content (AvgIpc) is 3.03. The number of nitrogens with one attached hydrogen (secondary N) is 1. The van der Waals surface area contributed by atoms with Crippen molar-refractivity contribution in [2.45, 2.75) is 32.9 Å². The van der Waals surface area contributed by atoms with E-state index in [0.29, 0.717) is 22.6 Å². The molecule has 1 unspecified atom stereocenters. The van der Waals surface area contributed by atoms with Crippen LogP contribution in [-0.4, -0.2) is 39.6 Å². The van der Waals surface area contributed by atoms with Crippen molar-refractivity contribution in [1.29, 1.82) is 5.26 Å². The molecule has 0 saturated heterocycles. The number of nitriles is 1. The van der Waals surface area contributed by atoms with Gasteiger partial charge in [0.2, 0.25) is 0 Å². The van der Waals surface area contributed by atoms with Gasteiger partial charge < -0.3 is 9.64 Å². The number of carbonyl (C=O) groups excluding carboxylic acids is 2. The molecule has 1 N–H and O–H groups in total. The van der Waals surface area contributed by atoms with Crippen LogP contribution >= 0.6 is 11.6 Å². The first-order chi connectivity index (χ1) is 12.5. The predicted molar refractivity (Wildman–Crippen MR) is 93.8 cm³/mol. The molecule has 0 aliphatic carbocycles. The van der Waals surface area contributed by atoms with Crippen LogP contribution in [0.4, 0.5) is 0 Å². The Kier molecular flexibility index (Phi) is 4.96. The average molecular weight is 373 g/mol. The summed E-state index contributed by atoms with van der Waals surface area (Å²) < 4.78 is 5.04. The van der Waals surface area contributed by atoms with Crippen molar-refractivity contribution in [2.24, 2.45) is 0 Å². The normalized spacial score (nSPS) is 15.9. The highest BCUT2D eigenvalue weighted by Crippen LogP contribution is 2.27. The highest BCUT2D eigenvalue weighted by Gasteiger charge is 2.33. The summed E-state index contributed by atoms with van der Waals surface area (Å²) in [7, 11) is 0. The van der Waals surface area contributed by atoms with E-state index >= 15 is 0 Å². The number of aromatic amines is 1. The number of halogens is 1. The maximum atomic E-state index is 13.0. The van der Waals surface area contributed by atoms with Crippen LogP contribution in [0.15, 0.2) is 18.2 Å². The van der Waals surface area contributed by atoms with Gasteiger partial charge in [-0.1, -0.05) is 11.6 Å². The van der Waals surface area contributed by atoms with Gasteiger partial charge in [0.25, 0.3) is 5.91 Å². The molecule has 0 bridgehead atoms. The predicted octanol–water partition coefficient (Wildman–Crippen LogP) is 2.70. The number of ether oxygens (including phenoxy) is 1. The zero-order valence-corrected chi connectivity index (χ0v) is 15.1. The second kappa shape index (κ2) is 7.18. The van der Waals surface area contributed by atoms with Crippen LogP contribution in [0.1, 0.15) is 51.5 Å². The van der Waals surface area contributed by atoms with Crippen LogP contribution in [0.3, 0.4) is 0 Å². The van der Waals surface area contributed by atoms with E-state index in [9.17, 15) is 9.59 Å². The highest BCUT2D eigenvalue weighted by molar-refractivity contribution is 6.31. The lowest BCUT2D eigenvalue weighted by molar-refractivity contribution is 0.0509. The fourth-order valence-corrected chi connectivity index (χ4v) is 3.17. The van der Waals surface area contributed by atoms with Crippen molar-refractivity contribution in [3.63, 3.8) is 0 Å². The second-order valence-electron chi connectivity index (χ2n) is 6.04. The van der Waals surface area contributed by atoms with Gasteiger partial charge in [-0.3, -0.25) is 9.89 Å². The van der Waals surface area contributed by atoms with Gasteiger partial charge in [0.05, 0.1) is 29.4 Å². The molecule has 1 aromatic carbocycles. The molecule has 3 rings (SSSR count). The van der Waals surface area contributed by atoms with E-state index in [-0.39, 0.29) is 36.4 Å². The molecule has 2 aromatic rings. The second-order valence-corrected chi connectivity index (χ2v) is 6.44. The van der Waals surface area contributed by atoms with Crippen molar-refractivity contribution in [1.82, 2.24) is 15.1 Å². The van der Waals surface area contributed by atoms with E-state index in [1.807, 2.05) is 13.0 Å². The molecule has 8 heteroatoms. The zero-order valence-electron chi connectivity index (χ0n) is 14.4. The maximum absolute atomic E-state index is 13.0. The number of amides is 1. The van der Waals surface area contributed by atoms with Gasteiger partial charge in [0.1, 0.15) is 11.8 Å². The molecule has 0 spiro atoms. The molecule has 0 saturated carbocycles. The Balaban J connectivity index is 1.91. The minimum atomic E-state index is -0.485. The fraction of sp³-hybridized carbons (Fsp3) is 0.333. The smallest absolute Gasteiger partial charge is 0.356 e. The molecular formula is C18H17ClN4O3. The molecule has 2 heterocycles. The van der Waals surface area contributed by atoms with Crippen LogP contribution in [0.5, 0.6) is 0 Å². The molecule has 1 amide bonds. The van der Waals surface area contributed by atoms with Gasteiger partial charge in [-0.15, -0.1) is 0 Å². The number of aromatic nitrogens is 2. The topological polar surface area (TPSA) is 99.1 Å². The monoisotopic (exact) mass is 372 g/mol. The third-order valence-electron chi connectivity index (χ3n) is 4.38. The quantitative estimate of drug-likeness (QED) is 0.835. The van der Waals surface area contributed by atoms with E-state index in [2.05, 4.69) is 10.2 Å². The van der Waals surface area contributed by atoms with E-state index in [4.69, 9.17) is 21.6 Å². The number of benzene rings is 1. The first-order valence-electron chi connectivity index (χ1n) is 8.20. The fourth-order valence-electron chi connectivity index (χ4n) is 3.01. The Hall–Kier alpha value is -2.85. The molecule has 0 radical (unpaired) electrons. The molecule has 134 valence electrons. The molecule has 26 heavy (non-hydrogen) atoms. The van der Waals surface area contributed by atoms with Crippen molar-refractivity contribution in [3.05, 3.63) is 51.3 Å². The Morgan fingerprint density at radius 1 is 1.50 bits per heavy atom. The van der Waals surface area contributed by atoms with E-state index in [1.165, 1.54) is 12.1 Å². The van der Waals surface area contributed by atoms with Crippen LogP contribution in [0.25, 0.3) is 0 Å². The van der Waals surface area contributed by atoms with Gasteiger partial charge in [0.15, 0.2) is 0 Å². The van der Waals surface area contributed by atoms with Crippen LogP contribution in [-0.2, 0) is 17.7 Å². The van der Waals surface area contributed by atoms with Crippen molar-refractivity contribution < 1.29 is 14.3 Å². The number of nitrogens with zero attached hydrogens (tertiary/aromatic N) is 3. The molecule has 1 aliphatic rings. The van der Waals surface area contributed by atoms with E-state index in [0.717, 1.165) is 5.69 Å². The number of fused-ring (bicyclic) bond motifs is 1. The van der Waals surface area contributed by atoms with Gasteiger partial charge in [-0.25, -0.2) is 4.79 Å². The van der Waals surface area contributed by atoms with E-state index < -0.39 is 5.97 Å². The highest BCUT2D eigenvalue weighted by atomic mass is 35.5. The summed E-state index contributed by atoms with van der Waals surface area (Å²) in [6.45, 7) is 4.14. The van der Waals surface area contributed by atoms with Gasteiger partial charge in [-0.05, 0) is 32.0 Å². The lowest BCUT2D eigenvalue weighted by Gasteiger charge is -2.33. The third-order valence-corrected chi connectivity index (χ3v) is 4.71. The zero-order chi connectivity index (χ0) is 18.8. The number of rotatable bonds is 3. The minimum Gasteiger partial charge on any atom is -0.461 e. The summed E-state index contributed by atoms with van der Waals surface area (Å²) in [5.41, 5.74) is 2.34. The first kappa shape index (κ1) is 18.0. The summed E-state index contributed by atoms with van der Waals surface area (Å²) in [6.07, 6.45) is 0.523. The Labute approximate surface area is 155 Å².